The monoisotopic (exact) mass is 305 g/mol. The molecule has 112 valence electrons. The van der Waals surface area contributed by atoms with Crippen molar-refractivity contribution in [3.63, 3.8) is 0 Å². The molecule has 0 unspecified atom stereocenters. The average molecular weight is 305 g/mol. The molecule has 0 aliphatic heterocycles. The molecule has 6 heteroatoms. The van der Waals surface area contributed by atoms with Gasteiger partial charge in [-0.1, -0.05) is 30.3 Å². The van der Waals surface area contributed by atoms with Crippen LogP contribution >= 0.6 is 0 Å². The van der Waals surface area contributed by atoms with Crippen molar-refractivity contribution in [2.24, 2.45) is 5.16 Å². The molecule has 0 saturated carbocycles. The zero-order chi connectivity index (χ0) is 15.9. The number of ether oxygens (including phenoxy) is 1. The van der Waals surface area contributed by atoms with Gasteiger partial charge in [-0.15, -0.1) is 5.16 Å². The summed E-state index contributed by atoms with van der Waals surface area (Å²) in [6.45, 7) is 5.88. The molecule has 1 aromatic rings. The molecule has 1 rings (SSSR count). The lowest BCUT2D eigenvalue weighted by Gasteiger charge is -2.12. The van der Waals surface area contributed by atoms with Gasteiger partial charge in [0, 0.05) is 11.6 Å². The van der Waals surface area contributed by atoms with E-state index in [9.17, 15) is 9.59 Å². The van der Waals surface area contributed by atoms with E-state index in [-0.39, 0.29) is 11.4 Å². The fraction of sp³-hybridized carbons (Fsp3) is 0.267. The van der Waals surface area contributed by atoms with Gasteiger partial charge in [-0.2, -0.15) is 0 Å². The van der Waals surface area contributed by atoms with Gasteiger partial charge < -0.3 is 9.26 Å². The van der Waals surface area contributed by atoms with Gasteiger partial charge >= 0.3 is 5.97 Å². The van der Waals surface area contributed by atoms with Crippen molar-refractivity contribution >= 4 is 26.3 Å². The first kappa shape index (κ1) is 16.8. The van der Waals surface area contributed by atoms with E-state index < -0.39 is 14.3 Å². The lowest BCUT2D eigenvalue weighted by atomic mass is 10.1. The Bertz CT molecular complexity index is 559. The summed E-state index contributed by atoms with van der Waals surface area (Å²) in [5, 5.41) is 3.77. The number of hydrogen-bond acceptors (Lipinski definition) is 5. The Hall–Kier alpha value is -2.21. The first-order valence-corrected chi connectivity index (χ1v) is 9.85. The number of ketones is 1. The number of hydrogen-bond donors (Lipinski definition) is 0. The SMILES string of the molecule is COC(=O)C(=C\C(=O)c1ccccc1)/C=N/O[Si](C)(C)C. The van der Waals surface area contributed by atoms with Gasteiger partial charge in [-0.3, -0.25) is 4.79 Å². The maximum Gasteiger partial charge on any atom is 0.339 e. The van der Waals surface area contributed by atoms with Crippen molar-refractivity contribution in [1.29, 1.82) is 0 Å². The van der Waals surface area contributed by atoms with E-state index in [4.69, 9.17) is 4.53 Å². The molecule has 0 bridgehead atoms. The van der Waals surface area contributed by atoms with Crippen molar-refractivity contribution in [1.82, 2.24) is 0 Å². The standard InChI is InChI=1S/C15H19NO4Si/c1-19-15(18)13(11-16-20-21(2,3)4)10-14(17)12-8-6-5-7-9-12/h5-11H,1-4H3/b13-10-,16-11+. The van der Waals surface area contributed by atoms with Crippen LogP contribution < -0.4 is 0 Å². The highest BCUT2D eigenvalue weighted by atomic mass is 28.4. The Morgan fingerprint density at radius 1 is 1.14 bits per heavy atom. The van der Waals surface area contributed by atoms with E-state index in [2.05, 4.69) is 9.89 Å². The minimum atomic E-state index is -1.84. The van der Waals surface area contributed by atoms with E-state index in [0.717, 1.165) is 0 Å². The number of esters is 1. The molecule has 0 aromatic heterocycles. The highest BCUT2D eigenvalue weighted by molar-refractivity contribution is 6.69. The molecule has 1 aromatic carbocycles. The molecule has 0 amide bonds. The first-order chi connectivity index (χ1) is 9.83. The summed E-state index contributed by atoms with van der Waals surface area (Å²) >= 11 is 0. The summed E-state index contributed by atoms with van der Waals surface area (Å²) in [6.07, 6.45) is 2.41. The number of benzene rings is 1. The molecule has 0 spiro atoms. The summed E-state index contributed by atoms with van der Waals surface area (Å²) in [4.78, 5) is 23.7. The number of methoxy groups -OCH3 is 1. The number of carbonyl (C=O) groups excluding carboxylic acids is 2. The normalized spacial score (nSPS) is 12.3. The molecule has 0 fully saturated rings. The zero-order valence-corrected chi connectivity index (χ0v) is 13.6. The Labute approximate surface area is 125 Å². The fourth-order valence-electron chi connectivity index (χ4n) is 1.33. The second-order valence-electron chi connectivity index (χ2n) is 5.26. The Balaban J connectivity index is 2.95. The molecule has 0 saturated heterocycles. The van der Waals surface area contributed by atoms with Crippen LogP contribution in [-0.2, 0) is 14.1 Å². The van der Waals surface area contributed by atoms with Crippen molar-refractivity contribution < 1.29 is 18.9 Å². The third-order valence-corrected chi connectivity index (χ3v) is 2.94. The van der Waals surface area contributed by atoms with Crippen LogP contribution in [0.25, 0.3) is 0 Å². The molecule has 5 nitrogen and oxygen atoms in total. The zero-order valence-electron chi connectivity index (χ0n) is 12.6. The van der Waals surface area contributed by atoms with Crippen LogP contribution in [-0.4, -0.2) is 33.4 Å². The van der Waals surface area contributed by atoms with Crippen molar-refractivity contribution in [3.8, 4) is 0 Å². The Morgan fingerprint density at radius 2 is 1.76 bits per heavy atom. The average Bonchev–Trinajstić information content (AvgIpc) is 2.45. The van der Waals surface area contributed by atoms with Gasteiger partial charge in [0.2, 0.25) is 0 Å². The molecule has 0 atom stereocenters. The minimum absolute atomic E-state index is 0.0459. The quantitative estimate of drug-likeness (QED) is 0.202. The lowest BCUT2D eigenvalue weighted by molar-refractivity contribution is -0.135. The summed E-state index contributed by atoms with van der Waals surface area (Å²) in [5.74, 6) is -0.933. The molecule has 0 aliphatic carbocycles. The van der Waals surface area contributed by atoms with Crippen LogP contribution in [0.4, 0.5) is 0 Å². The molecule has 21 heavy (non-hydrogen) atoms. The van der Waals surface area contributed by atoms with Crippen LogP contribution in [0.1, 0.15) is 10.4 Å². The number of carbonyl (C=O) groups is 2. The maximum atomic E-state index is 12.1. The summed E-state index contributed by atoms with van der Waals surface area (Å²) in [5.41, 5.74) is 0.531. The van der Waals surface area contributed by atoms with Gasteiger partial charge in [-0.05, 0) is 19.6 Å². The number of rotatable bonds is 6. The van der Waals surface area contributed by atoms with Crippen molar-refractivity contribution in [2.75, 3.05) is 7.11 Å². The Kier molecular flexibility index (Phi) is 6.04. The van der Waals surface area contributed by atoms with Gasteiger partial charge in [0.05, 0.1) is 18.9 Å². The summed E-state index contributed by atoms with van der Waals surface area (Å²) in [6, 6.07) is 8.65. The van der Waals surface area contributed by atoms with Crippen LogP contribution in [0.3, 0.4) is 0 Å². The molecular formula is C15H19NO4Si. The van der Waals surface area contributed by atoms with Crippen LogP contribution in [0, 0.1) is 0 Å². The second-order valence-corrected chi connectivity index (χ2v) is 9.67. The van der Waals surface area contributed by atoms with Gasteiger partial charge in [0.15, 0.2) is 5.78 Å². The molecule has 0 heterocycles. The van der Waals surface area contributed by atoms with Crippen LogP contribution in [0.2, 0.25) is 19.6 Å². The van der Waals surface area contributed by atoms with E-state index >= 15 is 0 Å². The van der Waals surface area contributed by atoms with Crippen LogP contribution in [0.5, 0.6) is 0 Å². The van der Waals surface area contributed by atoms with E-state index in [1.807, 2.05) is 25.7 Å². The summed E-state index contributed by atoms with van der Waals surface area (Å²) < 4.78 is 9.93. The molecule has 0 aliphatic rings. The van der Waals surface area contributed by atoms with Gasteiger partial charge in [-0.25, -0.2) is 4.79 Å². The second kappa shape index (κ2) is 7.54. The fourth-order valence-corrected chi connectivity index (χ4v) is 1.70. The molecular weight excluding hydrogens is 286 g/mol. The third kappa shape index (κ3) is 6.18. The lowest BCUT2D eigenvalue weighted by Crippen LogP contribution is -2.22. The largest absolute Gasteiger partial charge is 0.465 e. The van der Waals surface area contributed by atoms with E-state index in [1.54, 1.807) is 24.3 Å². The third-order valence-electron chi connectivity index (χ3n) is 2.28. The van der Waals surface area contributed by atoms with Crippen LogP contribution in [0.15, 0.2) is 47.1 Å². The van der Waals surface area contributed by atoms with Gasteiger partial charge in [0.1, 0.15) is 0 Å². The first-order valence-electron chi connectivity index (χ1n) is 6.44. The highest BCUT2D eigenvalue weighted by Gasteiger charge is 2.16. The van der Waals surface area contributed by atoms with E-state index in [0.29, 0.717) is 5.56 Å². The predicted octanol–water partition coefficient (Wildman–Crippen LogP) is 2.81. The van der Waals surface area contributed by atoms with Crippen molar-refractivity contribution in [3.05, 3.63) is 47.5 Å². The maximum absolute atomic E-state index is 12.1. The van der Waals surface area contributed by atoms with E-state index in [1.165, 1.54) is 19.4 Å². The topological polar surface area (TPSA) is 65.0 Å². The molecule has 0 radical (unpaired) electrons. The Morgan fingerprint density at radius 3 is 2.29 bits per heavy atom. The smallest absolute Gasteiger partial charge is 0.339 e. The van der Waals surface area contributed by atoms with Gasteiger partial charge in [0.25, 0.3) is 8.32 Å². The predicted molar refractivity (Wildman–Crippen MR) is 83.8 cm³/mol. The number of oxime groups is 1. The molecule has 0 N–H and O–H groups in total. The highest BCUT2D eigenvalue weighted by Crippen LogP contribution is 2.06. The minimum Gasteiger partial charge on any atom is -0.465 e. The number of allylic oxidation sites excluding steroid dienone is 1. The number of nitrogens with zero attached hydrogens (tertiary/aromatic N) is 1. The summed E-state index contributed by atoms with van der Waals surface area (Å²) in [7, 11) is -0.589. The van der Waals surface area contributed by atoms with Crippen molar-refractivity contribution in [2.45, 2.75) is 19.6 Å².